The van der Waals surface area contributed by atoms with Crippen LogP contribution in [0.15, 0.2) is 85.0 Å². The number of phenols is 2. The van der Waals surface area contributed by atoms with E-state index in [2.05, 4.69) is 29.1 Å². The summed E-state index contributed by atoms with van der Waals surface area (Å²) in [6, 6.07) is 18.1. The van der Waals surface area contributed by atoms with Crippen LogP contribution in [0, 0.1) is 0 Å². The number of ether oxygens (including phenoxy) is 3. The van der Waals surface area contributed by atoms with E-state index < -0.39 is 12.3 Å². The van der Waals surface area contributed by atoms with Crippen molar-refractivity contribution in [2.45, 2.75) is 32.3 Å². The molecule has 3 aromatic rings. The minimum atomic E-state index is -0.456. The van der Waals surface area contributed by atoms with Crippen LogP contribution in [0.4, 0.5) is 0 Å². The van der Waals surface area contributed by atoms with Crippen LogP contribution in [0.25, 0.3) is 0 Å². The van der Waals surface area contributed by atoms with Crippen molar-refractivity contribution in [3.05, 3.63) is 102 Å². The Kier molecular flexibility index (Phi) is 8.58. The number of phenolic OH excluding ortho intramolecular Hbond substituents is 2. The average molecular weight is 518 g/mol. The highest BCUT2D eigenvalue weighted by Gasteiger charge is 2.32. The smallest absolute Gasteiger partial charge is 0.125 e. The molecule has 1 saturated heterocycles. The van der Waals surface area contributed by atoms with Crippen molar-refractivity contribution >= 4 is 0 Å². The predicted molar refractivity (Wildman–Crippen MR) is 147 cm³/mol. The van der Waals surface area contributed by atoms with E-state index >= 15 is 0 Å². The Hall–Kier alpha value is -3.98. The summed E-state index contributed by atoms with van der Waals surface area (Å²) in [5.74, 6) is 2.01. The molecule has 2 unspecified atom stereocenters. The highest BCUT2D eigenvalue weighted by Crippen LogP contribution is 2.36. The van der Waals surface area contributed by atoms with Crippen molar-refractivity contribution in [2.75, 3.05) is 20.3 Å². The highest BCUT2D eigenvalue weighted by molar-refractivity contribution is 5.44. The van der Waals surface area contributed by atoms with Crippen LogP contribution in [-0.2, 0) is 0 Å². The zero-order valence-corrected chi connectivity index (χ0v) is 22.0. The van der Waals surface area contributed by atoms with Gasteiger partial charge in [0.25, 0.3) is 0 Å². The first-order valence-electron chi connectivity index (χ1n) is 12.4. The van der Waals surface area contributed by atoms with Gasteiger partial charge in [-0.15, -0.1) is 0 Å². The van der Waals surface area contributed by atoms with E-state index in [1.165, 1.54) is 0 Å². The van der Waals surface area contributed by atoms with Crippen molar-refractivity contribution in [1.82, 2.24) is 16.0 Å². The zero-order chi connectivity index (χ0) is 27.2. The molecule has 0 aliphatic carbocycles. The number of hydrogen-bond donors (Lipinski definition) is 5. The van der Waals surface area contributed by atoms with Crippen LogP contribution in [0.3, 0.4) is 0 Å². The van der Waals surface area contributed by atoms with Crippen molar-refractivity contribution in [2.24, 2.45) is 0 Å². The van der Waals surface area contributed by atoms with Gasteiger partial charge in [-0.1, -0.05) is 25.3 Å². The standard InChI is InChI=1S/C30H35N3O5/c1-18(2)16-37-22-10-12-24(26(34)14-22)29-31-28(20-6-8-21(36-5)9-7-20)32-30(33-29)25-13-11-23(15-27(25)35)38-17-19(3)4/h6-15,28-35H,1,3,16-17H2,2,4-5H3. The van der Waals surface area contributed by atoms with Crippen LogP contribution >= 0.6 is 0 Å². The topological polar surface area (TPSA) is 104 Å². The average Bonchev–Trinajstić information content (AvgIpc) is 2.90. The van der Waals surface area contributed by atoms with E-state index in [1.807, 2.05) is 62.4 Å². The van der Waals surface area contributed by atoms with Crippen molar-refractivity contribution in [1.29, 1.82) is 0 Å². The lowest BCUT2D eigenvalue weighted by Gasteiger charge is -2.40. The summed E-state index contributed by atoms with van der Waals surface area (Å²) < 4.78 is 16.7. The minimum Gasteiger partial charge on any atom is -0.507 e. The van der Waals surface area contributed by atoms with Gasteiger partial charge in [0.1, 0.15) is 42.0 Å². The van der Waals surface area contributed by atoms with Gasteiger partial charge in [-0.3, -0.25) is 16.0 Å². The molecule has 0 radical (unpaired) electrons. The third kappa shape index (κ3) is 6.66. The van der Waals surface area contributed by atoms with Crippen molar-refractivity contribution < 1.29 is 24.4 Å². The van der Waals surface area contributed by atoms with Gasteiger partial charge in [0.05, 0.1) is 25.6 Å². The summed E-state index contributed by atoms with van der Waals surface area (Å²) in [5.41, 5.74) is 4.01. The maximum Gasteiger partial charge on any atom is 0.125 e. The highest BCUT2D eigenvalue weighted by atomic mass is 16.5. The van der Waals surface area contributed by atoms with Gasteiger partial charge >= 0.3 is 0 Å². The summed E-state index contributed by atoms with van der Waals surface area (Å²) in [7, 11) is 1.63. The fraction of sp³-hybridized carbons (Fsp3) is 0.267. The normalized spacial score (nSPS) is 19.0. The molecule has 0 bridgehead atoms. The molecule has 8 heteroatoms. The molecule has 5 N–H and O–H groups in total. The summed E-state index contributed by atoms with van der Waals surface area (Å²) in [5, 5.41) is 32.2. The second-order valence-electron chi connectivity index (χ2n) is 9.51. The van der Waals surface area contributed by atoms with Gasteiger partial charge < -0.3 is 24.4 Å². The Balaban J connectivity index is 1.63. The number of hydrogen-bond acceptors (Lipinski definition) is 8. The van der Waals surface area contributed by atoms with Gasteiger partial charge in [0.2, 0.25) is 0 Å². The van der Waals surface area contributed by atoms with E-state index in [-0.39, 0.29) is 17.7 Å². The number of aromatic hydroxyl groups is 2. The van der Waals surface area contributed by atoms with Crippen LogP contribution in [0.2, 0.25) is 0 Å². The molecule has 1 aliphatic heterocycles. The molecular formula is C30H35N3O5. The second kappa shape index (κ2) is 12.0. The van der Waals surface area contributed by atoms with Gasteiger partial charge in [-0.25, -0.2) is 0 Å². The number of benzene rings is 3. The Bertz CT molecular complexity index is 1220. The Morgan fingerprint density at radius 1 is 0.684 bits per heavy atom. The number of nitrogens with one attached hydrogen (secondary N) is 3. The minimum absolute atomic E-state index is 0.0797. The molecule has 0 saturated carbocycles. The Morgan fingerprint density at radius 2 is 1.11 bits per heavy atom. The van der Waals surface area contributed by atoms with Crippen molar-refractivity contribution in [3.63, 3.8) is 0 Å². The van der Waals surface area contributed by atoms with Gasteiger partial charge in [-0.2, -0.15) is 0 Å². The molecule has 1 fully saturated rings. The molecule has 0 aromatic heterocycles. The lowest BCUT2D eigenvalue weighted by atomic mass is 10.0. The molecule has 0 amide bonds. The Morgan fingerprint density at radius 3 is 1.50 bits per heavy atom. The monoisotopic (exact) mass is 517 g/mol. The predicted octanol–water partition coefficient (Wildman–Crippen LogP) is 5.19. The third-order valence-electron chi connectivity index (χ3n) is 6.05. The second-order valence-corrected chi connectivity index (χ2v) is 9.51. The van der Waals surface area contributed by atoms with Gasteiger partial charge in [0.15, 0.2) is 0 Å². The SMILES string of the molecule is C=C(C)COc1ccc(C2NC(c3ccc(OC)cc3)NC(c3ccc(OCC(=C)C)cc3O)N2)c(O)c1. The van der Waals surface area contributed by atoms with Crippen molar-refractivity contribution in [3.8, 4) is 28.7 Å². The molecule has 200 valence electrons. The summed E-state index contributed by atoms with van der Waals surface area (Å²) in [6.45, 7) is 12.2. The van der Waals surface area contributed by atoms with E-state index in [0.717, 1.165) is 22.5 Å². The number of methoxy groups -OCH3 is 1. The summed E-state index contributed by atoms with van der Waals surface area (Å²) in [6.07, 6.45) is -1.22. The first kappa shape index (κ1) is 27.1. The van der Waals surface area contributed by atoms with E-state index in [1.54, 1.807) is 19.2 Å². The molecule has 1 heterocycles. The fourth-order valence-corrected chi connectivity index (χ4v) is 4.12. The van der Waals surface area contributed by atoms with Crippen LogP contribution in [0.1, 0.15) is 49.0 Å². The third-order valence-corrected chi connectivity index (χ3v) is 6.05. The zero-order valence-electron chi connectivity index (χ0n) is 22.0. The molecule has 0 spiro atoms. The molecule has 3 aromatic carbocycles. The summed E-state index contributed by atoms with van der Waals surface area (Å²) >= 11 is 0. The fourth-order valence-electron chi connectivity index (χ4n) is 4.12. The van der Waals surface area contributed by atoms with E-state index in [9.17, 15) is 10.2 Å². The Labute approximate surface area is 223 Å². The molecule has 4 rings (SSSR count). The first-order valence-corrected chi connectivity index (χ1v) is 12.4. The van der Waals surface area contributed by atoms with E-state index in [0.29, 0.717) is 35.8 Å². The molecule has 2 atom stereocenters. The first-order chi connectivity index (χ1) is 18.2. The lowest BCUT2D eigenvalue weighted by Crippen LogP contribution is -2.54. The van der Waals surface area contributed by atoms with E-state index in [4.69, 9.17) is 14.2 Å². The van der Waals surface area contributed by atoms with Crippen LogP contribution in [-0.4, -0.2) is 30.5 Å². The maximum atomic E-state index is 10.9. The van der Waals surface area contributed by atoms with Gasteiger partial charge in [-0.05, 0) is 67.0 Å². The molecule has 38 heavy (non-hydrogen) atoms. The molecule has 8 nitrogen and oxygen atoms in total. The van der Waals surface area contributed by atoms with Crippen LogP contribution < -0.4 is 30.2 Å². The molecule has 1 aliphatic rings. The van der Waals surface area contributed by atoms with Crippen LogP contribution in [0.5, 0.6) is 28.7 Å². The lowest BCUT2D eigenvalue weighted by molar-refractivity contribution is 0.197. The number of rotatable bonds is 10. The molecular weight excluding hydrogens is 482 g/mol. The summed E-state index contributed by atoms with van der Waals surface area (Å²) in [4.78, 5) is 0. The largest absolute Gasteiger partial charge is 0.507 e. The quantitative estimate of drug-likeness (QED) is 0.234. The maximum absolute atomic E-state index is 10.9. The van der Waals surface area contributed by atoms with Gasteiger partial charge in [0, 0.05) is 23.3 Å².